The molecule has 1 aromatic carbocycles. The average molecular weight is 328 g/mol. The fourth-order valence-electron chi connectivity index (χ4n) is 1.83. The maximum atomic E-state index is 12.8. The number of alkyl halides is 6. The van der Waals surface area contributed by atoms with Crippen LogP contribution in [0.1, 0.15) is 47.7 Å². The minimum absolute atomic E-state index is 0.226. The first-order valence-corrected chi connectivity index (χ1v) is 6.53. The molecule has 0 aliphatic heterocycles. The summed E-state index contributed by atoms with van der Waals surface area (Å²) in [5.41, 5.74) is -4.79. The van der Waals surface area contributed by atoms with Crippen LogP contribution < -0.4 is 0 Å². The molecule has 0 heterocycles. The highest BCUT2D eigenvalue weighted by atomic mass is 19.4. The summed E-state index contributed by atoms with van der Waals surface area (Å²) in [5.74, 6) is -1.61. The highest BCUT2D eigenvalue weighted by Crippen LogP contribution is 2.39. The number of ether oxygens (including phenoxy) is 1. The molecule has 8 heteroatoms. The Kier molecular flexibility index (Phi) is 5.85. The van der Waals surface area contributed by atoms with Crippen LogP contribution in [0.15, 0.2) is 18.2 Å². The van der Waals surface area contributed by atoms with Crippen molar-refractivity contribution in [3.63, 3.8) is 0 Å². The Hall–Kier alpha value is -1.73. The van der Waals surface area contributed by atoms with Gasteiger partial charge in [-0.1, -0.05) is 25.8 Å². The molecular formula is C14H14F6O2. The molecular weight excluding hydrogens is 314 g/mol. The van der Waals surface area contributed by atoms with Crippen molar-refractivity contribution in [2.75, 3.05) is 6.61 Å². The number of carbonyl (C=O) groups is 1. The van der Waals surface area contributed by atoms with E-state index in [1.54, 1.807) is 0 Å². The van der Waals surface area contributed by atoms with Gasteiger partial charge in [0.05, 0.1) is 23.3 Å². The van der Waals surface area contributed by atoms with Crippen LogP contribution in [0, 0.1) is 0 Å². The molecule has 0 saturated carbocycles. The first-order chi connectivity index (χ1) is 10.1. The van der Waals surface area contributed by atoms with Gasteiger partial charge in [-0.15, -0.1) is 0 Å². The molecule has 22 heavy (non-hydrogen) atoms. The van der Waals surface area contributed by atoms with Gasteiger partial charge in [0.2, 0.25) is 0 Å². The van der Waals surface area contributed by atoms with Crippen LogP contribution in [0.5, 0.6) is 0 Å². The quantitative estimate of drug-likeness (QED) is 0.428. The van der Waals surface area contributed by atoms with E-state index >= 15 is 0 Å². The molecule has 1 aromatic rings. The molecule has 0 atom stereocenters. The highest BCUT2D eigenvalue weighted by Gasteiger charge is 2.43. The fourth-order valence-corrected chi connectivity index (χ4v) is 1.83. The summed E-state index contributed by atoms with van der Waals surface area (Å²) in [6, 6.07) is 1.47. The molecule has 1 rings (SSSR count). The maximum absolute atomic E-state index is 12.8. The summed E-state index contributed by atoms with van der Waals surface area (Å²) >= 11 is 0. The molecule has 0 spiro atoms. The summed E-state index contributed by atoms with van der Waals surface area (Å²) in [6.07, 6.45) is -8.37. The number of carbonyl (C=O) groups excluding carboxylic acids is 1. The van der Waals surface area contributed by atoms with Gasteiger partial charge in [0.15, 0.2) is 0 Å². The standard InChI is InChI=1S/C14H14F6O2/c1-2-3-4-8-22-12(21)11-9(13(15,16)17)6-5-7-10(11)14(18,19)20/h5-7H,2-4,8H2,1H3. The molecule has 0 unspecified atom stereocenters. The minimum atomic E-state index is -5.08. The third kappa shape index (κ3) is 4.64. The number of halogens is 6. The summed E-state index contributed by atoms with van der Waals surface area (Å²) in [6.45, 7) is 1.62. The zero-order chi connectivity index (χ0) is 17.0. The molecule has 0 aliphatic carbocycles. The monoisotopic (exact) mass is 328 g/mol. The predicted octanol–water partition coefficient (Wildman–Crippen LogP) is 5.07. The Balaban J connectivity index is 3.20. The Morgan fingerprint density at radius 3 is 1.91 bits per heavy atom. The van der Waals surface area contributed by atoms with Gasteiger partial charge in [0, 0.05) is 0 Å². The molecule has 0 radical (unpaired) electrons. The smallest absolute Gasteiger partial charge is 0.417 e. The number of hydrogen-bond acceptors (Lipinski definition) is 2. The van der Waals surface area contributed by atoms with E-state index in [0.29, 0.717) is 31.0 Å². The topological polar surface area (TPSA) is 26.3 Å². The second-order valence-corrected chi connectivity index (χ2v) is 4.57. The van der Waals surface area contributed by atoms with Crippen molar-refractivity contribution < 1.29 is 35.9 Å². The molecule has 0 aromatic heterocycles. The Labute approximate surface area is 123 Å². The lowest BCUT2D eigenvalue weighted by molar-refractivity contribution is -0.144. The van der Waals surface area contributed by atoms with Crippen molar-refractivity contribution in [1.29, 1.82) is 0 Å². The van der Waals surface area contributed by atoms with E-state index in [1.807, 2.05) is 6.92 Å². The van der Waals surface area contributed by atoms with E-state index in [9.17, 15) is 31.1 Å². The molecule has 2 nitrogen and oxygen atoms in total. The number of esters is 1. The molecule has 0 bridgehead atoms. The molecule has 0 fully saturated rings. The maximum Gasteiger partial charge on any atom is 0.417 e. The Morgan fingerprint density at radius 1 is 1.00 bits per heavy atom. The van der Waals surface area contributed by atoms with E-state index < -0.39 is 35.0 Å². The van der Waals surface area contributed by atoms with Gasteiger partial charge in [-0.25, -0.2) is 4.79 Å². The third-order valence-corrected chi connectivity index (χ3v) is 2.86. The summed E-state index contributed by atoms with van der Waals surface area (Å²) in [4.78, 5) is 11.7. The number of hydrogen-bond donors (Lipinski definition) is 0. The highest BCUT2D eigenvalue weighted by molar-refractivity contribution is 5.93. The predicted molar refractivity (Wildman–Crippen MR) is 66.3 cm³/mol. The van der Waals surface area contributed by atoms with Crippen molar-refractivity contribution in [3.05, 3.63) is 34.9 Å². The second-order valence-electron chi connectivity index (χ2n) is 4.57. The fraction of sp³-hybridized carbons (Fsp3) is 0.500. The van der Waals surface area contributed by atoms with Crippen LogP contribution >= 0.6 is 0 Å². The summed E-state index contributed by atoms with van der Waals surface area (Å²) < 4.78 is 81.6. The van der Waals surface area contributed by atoms with Gasteiger partial charge in [-0.2, -0.15) is 26.3 Å². The van der Waals surface area contributed by atoms with Crippen LogP contribution in [-0.4, -0.2) is 12.6 Å². The minimum Gasteiger partial charge on any atom is -0.462 e. The van der Waals surface area contributed by atoms with Gasteiger partial charge in [-0.3, -0.25) is 0 Å². The van der Waals surface area contributed by atoms with E-state index in [4.69, 9.17) is 0 Å². The molecule has 0 aliphatic rings. The van der Waals surface area contributed by atoms with E-state index in [2.05, 4.69) is 4.74 Å². The number of benzene rings is 1. The van der Waals surface area contributed by atoms with Gasteiger partial charge >= 0.3 is 18.3 Å². The first-order valence-electron chi connectivity index (χ1n) is 6.53. The lowest BCUT2D eigenvalue weighted by Crippen LogP contribution is -2.21. The number of unbranched alkanes of at least 4 members (excludes halogenated alkanes) is 2. The lowest BCUT2D eigenvalue weighted by atomic mass is 10.00. The van der Waals surface area contributed by atoms with Crippen LogP contribution in [-0.2, 0) is 17.1 Å². The van der Waals surface area contributed by atoms with Crippen molar-refractivity contribution in [2.24, 2.45) is 0 Å². The molecule has 124 valence electrons. The molecule has 0 amide bonds. The van der Waals surface area contributed by atoms with Crippen LogP contribution in [0.4, 0.5) is 26.3 Å². The Bertz CT molecular complexity index is 487. The van der Waals surface area contributed by atoms with Crippen LogP contribution in [0.3, 0.4) is 0 Å². The van der Waals surface area contributed by atoms with Gasteiger partial charge in [0.25, 0.3) is 0 Å². The largest absolute Gasteiger partial charge is 0.462 e. The zero-order valence-electron chi connectivity index (χ0n) is 11.6. The second kappa shape index (κ2) is 7.02. The lowest BCUT2D eigenvalue weighted by Gasteiger charge is -2.17. The number of rotatable bonds is 5. The van der Waals surface area contributed by atoms with E-state index in [1.165, 1.54) is 0 Å². The molecule has 0 N–H and O–H groups in total. The third-order valence-electron chi connectivity index (χ3n) is 2.86. The van der Waals surface area contributed by atoms with Crippen LogP contribution in [0.2, 0.25) is 0 Å². The van der Waals surface area contributed by atoms with E-state index in [0.717, 1.165) is 6.42 Å². The Morgan fingerprint density at radius 2 is 1.50 bits per heavy atom. The van der Waals surface area contributed by atoms with Crippen molar-refractivity contribution in [1.82, 2.24) is 0 Å². The van der Waals surface area contributed by atoms with Crippen molar-refractivity contribution in [2.45, 2.75) is 38.5 Å². The van der Waals surface area contributed by atoms with E-state index in [-0.39, 0.29) is 6.61 Å². The first kappa shape index (κ1) is 18.3. The SMILES string of the molecule is CCCCCOC(=O)c1c(C(F)(F)F)cccc1C(F)(F)F. The van der Waals surface area contributed by atoms with Crippen molar-refractivity contribution in [3.8, 4) is 0 Å². The summed E-state index contributed by atoms with van der Waals surface area (Å²) in [7, 11) is 0. The van der Waals surface area contributed by atoms with Gasteiger partial charge in [-0.05, 0) is 18.6 Å². The average Bonchev–Trinajstić information content (AvgIpc) is 2.40. The molecule has 0 saturated heterocycles. The van der Waals surface area contributed by atoms with Crippen LogP contribution in [0.25, 0.3) is 0 Å². The van der Waals surface area contributed by atoms with Crippen molar-refractivity contribution >= 4 is 5.97 Å². The normalized spacial score (nSPS) is 12.3. The van der Waals surface area contributed by atoms with Gasteiger partial charge < -0.3 is 4.74 Å². The zero-order valence-corrected chi connectivity index (χ0v) is 11.6. The van der Waals surface area contributed by atoms with Gasteiger partial charge in [0.1, 0.15) is 0 Å². The summed E-state index contributed by atoms with van der Waals surface area (Å²) in [5, 5.41) is 0.